The molecule has 1 rings (SSSR count). The molecule has 1 aromatic rings. The van der Waals surface area contributed by atoms with Gasteiger partial charge in [0.2, 0.25) is 0 Å². The van der Waals surface area contributed by atoms with Crippen LogP contribution in [0, 0.1) is 0 Å². The molecule has 0 aliphatic heterocycles. The van der Waals surface area contributed by atoms with Crippen LogP contribution in [0.1, 0.15) is 30.9 Å². The van der Waals surface area contributed by atoms with E-state index in [1.54, 1.807) is 0 Å². The minimum atomic E-state index is 0.206. The second-order valence-corrected chi connectivity index (χ2v) is 4.03. The van der Waals surface area contributed by atoms with Crippen molar-refractivity contribution < 1.29 is 14.9 Å². The monoisotopic (exact) mass is 238 g/mol. The molecule has 0 bridgehead atoms. The van der Waals surface area contributed by atoms with E-state index in [0.717, 1.165) is 37.0 Å². The van der Waals surface area contributed by atoms with Gasteiger partial charge in [-0.3, -0.25) is 0 Å². The summed E-state index contributed by atoms with van der Waals surface area (Å²) in [5.74, 6) is 0.913. The highest BCUT2D eigenvalue weighted by molar-refractivity contribution is 5.37. The Kier molecular flexibility index (Phi) is 6.67. The van der Waals surface area contributed by atoms with E-state index >= 15 is 0 Å². The highest BCUT2D eigenvalue weighted by Crippen LogP contribution is 2.22. The molecular formula is C14H22O3. The first-order chi connectivity index (χ1) is 8.31. The summed E-state index contributed by atoms with van der Waals surface area (Å²) in [6, 6.07) is 6.18. The van der Waals surface area contributed by atoms with Gasteiger partial charge in [0.25, 0.3) is 0 Å². The van der Waals surface area contributed by atoms with Crippen LogP contribution in [0.2, 0.25) is 0 Å². The van der Waals surface area contributed by atoms with Crippen LogP contribution in [0.4, 0.5) is 0 Å². The Bertz CT molecular complexity index is 323. The minimum Gasteiger partial charge on any atom is -0.494 e. The van der Waals surface area contributed by atoms with Crippen molar-refractivity contribution in [3.8, 4) is 5.75 Å². The molecule has 3 nitrogen and oxygen atoms in total. The molecular weight excluding hydrogens is 216 g/mol. The lowest BCUT2D eigenvalue weighted by Gasteiger charge is -2.11. The van der Waals surface area contributed by atoms with Gasteiger partial charge in [0.05, 0.1) is 6.61 Å². The van der Waals surface area contributed by atoms with Gasteiger partial charge in [-0.15, -0.1) is 0 Å². The number of aliphatic hydroxyl groups excluding tert-OH is 2. The van der Waals surface area contributed by atoms with Gasteiger partial charge in [0.15, 0.2) is 0 Å². The van der Waals surface area contributed by atoms with Crippen LogP contribution in [0.25, 0.3) is 0 Å². The third-order valence-corrected chi connectivity index (χ3v) is 2.66. The van der Waals surface area contributed by atoms with Crippen molar-refractivity contribution in [2.75, 3.05) is 19.8 Å². The summed E-state index contributed by atoms with van der Waals surface area (Å²) in [5, 5.41) is 17.7. The van der Waals surface area contributed by atoms with Crippen molar-refractivity contribution >= 4 is 0 Å². The maximum Gasteiger partial charge on any atom is 0.122 e. The summed E-state index contributed by atoms with van der Waals surface area (Å²) in [6.07, 6.45) is 3.25. The van der Waals surface area contributed by atoms with E-state index in [1.165, 1.54) is 5.56 Å². The molecule has 0 unspecified atom stereocenters. The molecule has 0 radical (unpaired) electrons. The second kappa shape index (κ2) is 8.09. The van der Waals surface area contributed by atoms with Crippen LogP contribution in [0.15, 0.2) is 18.2 Å². The van der Waals surface area contributed by atoms with Crippen molar-refractivity contribution in [2.24, 2.45) is 0 Å². The van der Waals surface area contributed by atoms with E-state index in [1.807, 2.05) is 13.0 Å². The SMILES string of the molecule is CCOc1cc(CCCO)ccc1CCCO. The first-order valence-corrected chi connectivity index (χ1v) is 6.28. The Labute approximate surface area is 103 Å². The number of aryl methyl sites for hydroxylation is 2. The van der Waals surface area contributed by atoms with E-state index in [-0.39, 0.29) is 13.2 Å². The van der Waals surface area contributed by atoms with Gasteiger partial charge >= 0.3 is 0 Å². The van der Waals surface area contributed by atoms with E-state index in [0.29, 0.717) is 6.61 Å². The average molecular weight is 238 g/mol. The van der Waals surface area contributed by atoms with Gasteiger partial charge < -0.3 is 14.9 Å². The van der Waals surface area contributed by atoms with Crippen molar-refractivity contribution in [3.05, 3.63) is 29.3 Å². The molecule has 0 spiro atoms. The highest BCUT2D eigenvalue weighted by Gasteiger charge is 2.05. The summed E-state index contributed by atoms with van der Waals surface area (Å²) in [7, 11) is 0. The summed E-state index contributed by atoms with van der Waals surface area (Å²) in [6.45, 7) is 3.04. The molecule has 17 heavy (non-hydrogen) atoms. The lowest BCUT2D eigenvalue weighted by Crippen LogP contribution is -2.00. The third kappa shape index (κ3) is 4.75. The Hall–Kier alpha value is -1.06. The molecule has 0 saturated heterocycles. The first-order valence-electron chi connectivity index (χ1n) is 6.28. The Morgan fingerprint density at radius 2 is 1.76 bits per heavy atom. The van der Waals surface area contributed by atoms with Gasteiger partial charge in [0, 0.05) is 13.2 Å². The average Bonchev–Trinajstić information content (AvgIpc) is 2.35. The standard InChI is InChI=1S/C14H22O3/c1-2-17-14-11-12(5-3-9-15)7-8-13(14)6-4-10-16/h7-8,11,15-16H,2-6,9-10H2,1H3. The van der Waals surface area contributed by atoms with E-state index in [4.69, 9.17) is 14.9 Å². The van der Waals surface area contributed by atoms with Crippen LogP contribution in [0.5, 0.6) is 5.75 Å². The quantitative estimate of drug-likeness (QED) is 0.727. The van der Waals surface area contributed by atoms with Gasteiger partial charge in [0.1, 0.15) is 5.75 Å². The summed E-state index contributed by atoms with van der Waals surface area (Å²) in [5.41, 5.74) is 2.34. The molecule has 0 amide bonds. The van der Waals surface area contributed by atoms with Gasteiger partial charge in [-0.1, -0.05) is 12.1 Å². The zero-order valence-electron chi connectivity index (χ0n) is 10.5. The van der Waals surface area contributed by atoms with E-state index in [9.17, 15) is 0 Å². The zero-order chi connectivity index (χ0) is 12.5. The van der Waals surface area contributed by atoms with Crippen LogP contribution in [0.3, 0.4) is 0 Å². The van der Waals surface area contributed by atoms with Crippen LogP contribution in [-0.2, 0) is 12.8 Å². The Balaban J connectivity index is 2.75. The molecule has 0 aromatic heterocycles. The predicted octanol–water partition coefficient (Wildman–Crippen LogP) is 1.94. The second-order valence-electron chi connectivity index (χ2n) is 4.03. The van der Waals surface area contributed by atoms with Crippen molar-refractivity contribution in [1.29, 1.82) is 0 Å². The summed E-state index contributed by atoms with van der Waals surface area (Å²) >= 11 is 0. The molecule has 3 heteroatoms. The predicted molar refractivity (Wildman–Crippen MR) is 68.4 cm³/mol. The first kappa shape index (κ1) is 14.0. The number of hydrogen-bond donors (Lipinski definition) is 2. The lowest BCUT2D eigenvalue weighted by molar-refractivity contribution is 0.286. The fraction of sp³-hybridized carbons (Fsp3) is 0.571. The topological polar surface area (TPSA) is 49.7 Å². The molecule has 0 aliphatic carbocycles. The van der Waals surface area contributed by atoms with Gasteiger partial charge in [-0.25, -0.2) is 0 Å². The minimum absolute atomic E-state index is 0.206. The lowest BCUT2D eigenvalue weighted by atomic mass is 10.0. The molecule has 0 aliphatic rings. The van der Waals surface area contributed by atoms with Crippen LogP contribution >= 0.6 is 0 Å². The Morgan fingerprint density at radius 3 is 2.41 bits per heavy atom. The fourth-order valence-electron chi connectivity index (χ4n) is 1.80. The number of benzene rings is 1. The highest BCUT2D eigenvalue weighted by atomic mass is 16.5. The number of aliphatic hydroxyl groups is 2. The van der Waals surface area contributed by atoms with Crippen molar-refractivity contribution in [2.45, 2.75) is 32.6 Å². The smallest absolute Gasteiger partial charge is 0.122 e. The van der Waals surface area contributed by atoms with E-state index < -0.39 is 0 Å². The number of ether oxygens (including phenoxy) is 1. The summed E-state index contributed by atoms with van der Waals surface area (Å²) < 4.78 is 5.61. The largest absolute Gasteiger partial charge is 0.494 e. The maximum atomic E-state index is 8.85. The van der Waals surface area contributed by atoms with Crippen LogP contribution < -0.4 is 4.74 Å². The summed E-state index contributed by atoms with van der Waals surface area (Å²) in [4.78, 5) is 0. The van der Waals surface area contributed by atoms with E-state index in [2.05, 4.69) is 12.1 Å². The zero-order valence-corrected chi connectivity index (χ0v) is 10.5. The molecule has 96 valence electrons. The maximum absolute atomic E-state index is 8.85. The van der Waals surface area contributed by atoms with Crippen LogP contribution in [-0.4, -0.2) is 30.0 Å². The number of rotatable bonds is 8. The normalized spacial score (nSPS) is 10.5. The third-order valence-electron chi connectivity index (χ3n) is 2.66. The molecule has 0 fully saturated rings. The van der Waals surface area contributed by atoms with Gasteiger partial charge in [-0.2, -0.15) is 0 Å². The molecule has 2 N–H and O–H groups in total. The molecule has 0 saturated carbocycles. The van der Waals surface area contributed by atoms with Crippen molar-refractivity contribution in [1.82, 2.24) is 0 Å². The van der Waals surface area contributed by atoms with Crippen molar-refractivity contribution in [3.63, 3.8) is 0 Å². The van der Waals surface area contributed by atoms with Gasteiger partial charge in [-0.05, 0) is 49.8 Å². The Morgan fingerprint density at radius 1 is 1.06 bits per heavy atom. The molecule has 0 atom stereocenters. The fourth-order valence-corrected chi connectivity index (χ4v) is 1.80. The number of hydrogen-bond acceptors (Lipinski definition) is 3. The molecule has 0 heterocycles. The molecule has 1 aromatic carbocycles.